The molecule has 144 valence electrons. The van der Waals surface area contributed by atoms with Crippen LogP contribution in [0.5, 0.6) is 0 Å². The highest BCUT2D eigenvalue weighted by molar-refractivity contribution is 14.0. The zero-order valence-corrected chi connectivity index (χ0v) is 18.6. The summed E-state index contributed by atoms with van der Waals surface area (Å²) in [7, 11) is 2.22. The van der Waals surface area contributed by atoms with Gasteiger partial charge in [0.15, 0.2) is 5.96 Å². The molecule has 1 saturated heterocycles. The molecule has 24 heavy (non-hydrogen) atoms. The fourth-order valence-electron chi connectivity index (χ4n) is 2.95. The maximum Gasteiger partial charge on any atom is 0.191 e. The highest BCUT2D eigenvalue weighted by Crippen LogP contribution is 2.03. The van der Waals surface area contributed by atoms with Gasteiger partial charge in [-0.15, -0.1) is 24.0 Å². The molecule has 0 aromatic carbocycles. The molecule has 1 rings (SSSR count). The van der Waals surface area contributed by atoms with Crippen LogP contribution in [-0.2, 0) is 0 Å². The van der Waals surface area contributed by atoms with E-state index >= 15 is 0 Å². The number of likely N-dealkylation sites (N-methyl/N-ethyl adjacent to an activating group) is 1. The smallest absolute Gasteiger partial charge is 0.191 e. The Morgan fingerprint density at radius 2 is 1.92 bits per heavy atom. The molecule has 0 aromatic rings. The van der Waals surface area contributed by atoms with E-state index in [1.165, 1.54) is 58.3 Å². The zero-order valence-electron chi connectivity index (χ0n) is 16.3. The van der Waals surface area contributed by atoms with Crippen LogP contribution in [0, 0.1) is 0 Å². The minimum Gasteiger partial charge on any atom is -0.357 e. The lowest BCUT2D eigenvalue weighted by Gasteiger charge is -2.20. The van der Waals surface area contributed by atoms with Gasteiger partial charge in [0, 0.05) is 32.2 Å². The largest absolute Gasteiger partial charge is 0.357 e. The van der Waals surface area contributed by atoms with Crippen LogP contribution in [0.2, 0.25) is 0 Å². The minimum absolute atomic E-state index is 0. The third kappa shape index (κ3) is 11.5. The molecule has 1 aliphatic heterocycles. The van der Waals surface area contributed by atoms with Gasteiger partial charge in [-0.25, -0.2) is 0 Å². The van der Waals surface area contributed by atoms with Crippen molar-refractivity contribution in [1.82, 2.24) is 20.4 Å². The van der Waals surface area contributed by atoms with Crippen LogP contribution >= 0.6 is 24.0 Å². The van der Waals surface area contributed by atoms with Crippen molar-refractivity contribution < 1.29 is 0 Å². The molecule has 1 atom stereocenters. The SMILES string of the molecule is CCCCCC(C)NC(=NCCN1CCCN(C)CC1)NCC.I. The molecule has 6 heteroatoms. The van der Waals surface area contributed by atoms with Crippen LogP contribution < -0.4 is 10.6 Å². The summed E-state index contributed by atoms with van der Waals surface area (Å²) in [4.78, 5) is 9.73. The van der Waals surface area contributed by atoms with Crippen molar-refractivity contribution >= 4 is 29.9 Å². The number of aliphatic imine (C=N–C) groups is 1. The predicted octanol–water partition coefficient (Wildman–Crippen LogP) is 2.77. The van der Waals surface area contributed by atoms with Gasteiger partial charge in [0.05, 0.1) is 6.54 Å². The highest BCUT2D eigenvalue weighted by Gasteiger charge is 2.11. The summed E-state index contributed by atoms with van der Waals surface area (Å²) < 4.78 is 0. The molecule has 0 saturated carbocycles. The summed E-state index contributed by atoms with van der Waals surface area (Å²) in [6, 6.07) is 0.492. The van der Waals surface area contributed by atoms with Crippen LogP contribution in [0.3, 0.4) is 0 Å². The number of guanidine groups is 1. The van der Waals surface area contributed by atoms with E-state index in [4.69, 9.17) is 4.99 Å². The number of hydrogen-bond donors (Lipinski definition) is 2. The molecule has 0 aromatic heterocycles. The van der Waals surface area contributed by atoms with Crippen molar-refractivity contribution in [1.29, 1.82) is 0 Å². The van der Waals surface area contributed by atoms with Gasteiger partial charge in [-0.1, -0.05) is 26.2 Å². The van der Waals surface area contributed by atoms with Crippen LogP contribution in [0.1, 0.15) is 52.9 Å². The van der Waals surface area contributed by atoms with Crippen LogP contribution in [-0.4, -0.2) is 74.7 Å². The lowest BCUT2D eigenvalue weighted by Crippen LogP contribution is -2.42. The molecule has 1 fully saturated rings. The second-order valence-corrected chi connectivity index (χ2v) is 6.80. The quantitative estimate of drug-likeness (QED) is 0.244. The molecule has 5 nitrogen and oxygen atoms in total. The maximum atomic E-state index is 4.76. The Balaban J connectivity index is 0.00000529. The summed E-state index contributed by atoms with van der Waals surface area (Å²) in [5, 5.41) is 6.92. The molecular formula is C18H40IN5. The fourth-order valence-corrected chi connectivity index (χ4v) is 2.95. The Bertz CT molecular complexity index is 325. The molecule has 1 unspecified atom stereocenters. The van der Waals surface area contributed by atoms with Gasteiger partial charge in [0.1, 0.15) is 0 Å². The van der Waals surface area contributed by atoms with Gasteiger partial charge in [0.2, 0.25) is 0 Å². The normalized spacial score (nSPS) is 18.6. The molecular weight excluding hydrogens is 413 g/mol. The van der Waals surface area contributed by atoms with E-state index in [9.17, 15) is 0 Å². The Morgan fingerprint density at radius 3 is 2.62 bits per heavy atom. The van der Waals surface area contributed by atoms with E-state index in [1.54, 1.807) is 0 Å². The van der Waals surface area contributed by atoms with Crippen LogP contribution in [0.4, 0.5) is 0 Å². The number of nitrogens with zero attached hydrogens (tertiary/aromatic N) is 3. The van der Waals surface area contributed by atoms with E-state index in [0.29, 0.717) is 6.04 Å². The highest BCUT2D eigenvalue weighted by atomic mass is 127. The standard InChI is InChI=1S/C18H39N5.HI/c1-5-7-8-10-17(3)21-18(19-6-2)20-11-14-23-13-9-12-22(4)15-16-23;/h17H,5-16H2,1-4H3,(H2,19,20,21);1H. The van der Waals surface area contributed by atoms with Crippen LogP contribution in [0.15, 0.2) is 4.99 Å². The molecule has 1 heterocycles. The Morgan fingerprint density at radius 1 is 1.12 bits per heavy atom. The van der Waals surface area contributed by atoms with E-state index in [-0.39, 0.29) is 24.0 Å². The first-order valence-electron chi connectivity index (χ1n) is 9.61. The summed E-state index contributed by atoms with van der Waals surface area (Å²) in [6.45, 7) is 14.3. The fraction of sp³-hybridized carbons (Fsp3) is 0.944. The monoisotopic (exact) mass is 453 g/mol. The lowest BCUT2D eigenvalue weighted by molar-refractivity contribution is 0.283. The number of rotatable bonds is 9. The summed E-state index contributed by atoms with van der Waals surface area (Å²) in [5.74, 6) is 0.975. The average Bonchev–Trinajstić information content (AvgIpc) is 2.72. The average molecular weight is 453 g/mol. The number of hydrogen-bond acceptors (Lipinski definition) is 3. The predicted molar refractivity (Wildman–Crippen MR) is 117 cm³/mol. The third-order valence-electron chi connectivity index (χ3n) is 4.47. The van der Waals surface area contributed by atoms with Crippen LogP contribution in [0.25, 0.3) is 0 Å². The van der Waals surface area contributed by atoms with E-state index in [2.05, 4.69) is 48.3 Å². The van der Waals surface area contributed by atoms with Crippen molar-refractivity contribution in [2.45, 2.75) is 58.9 Å². The first-order chi connectivity index (χ1) is 11.2. The second-order valence-electron chi connectivity index (χ2n) is 6.80. The Kier molecular flexibility index (Phi) is 15.1. The molecule has 2 N–H and O–H groups in total. The summed E-state index contributed by atoms with van der Waals surface area (Å²) >= 11 is 0. The van der Waals surface area contributed by atoms with E-state index in [0.717, 1.165) is 25.6 Å². The molecule has 0 amide bonds. The van der Waals surface area contributed by atoms with Crippen molar-refractivity contribution in [3.63, 3.8) is 0 Å². The molecule has 0 aliphatic carbocycles. The molecule has 0 bridgehead atoms. The van der Waals surface area contributed by atoms with Crippen molar-refractivity contribution in [2.24, 2.45) is 4.99 Å². The van der Waals surface area contributed by atoms with E-state index in [1.807, 2.05) is 0 Å². The Hall–Kier alpha value is -0.0800. The van der Waals surface area contributed by atoms with Gasteiger partial charge in [0.25, 0.3) is 0 Å². The third-order valence-corrected chi connectivity index (χ3v) is 4.47. The van der Waals surface area contributed by atoms with Gasteiger partial charge in [-0.05, 0) is 46.8 Å². The van der Waals surface area contributed by atoms with Gasteiger partial charge < -0.3 is 20.4 Å². The number of unbranched alkanes of at least 4 members (excludes halogenated alkanes) is 2. The second kappa shape index (κ2) is 15.2. The number of halogens is 1. The minimum atomic E-state index is 0. The Labute approximate surface area is 167 Å². The van der Waals surface area contributed by atoms with Crippen molar-refractivity contribution in [3.8, 4) is 0 Å². The van der Waals surface area contributed by atoms with Crippen molar-refractivity contribution in [3.05, 3.63) is 0 Å². The first-order valence-corrected chi connectivity index (χ1v) is 9.61. The van der Waals surface area contributed by atoms with Gasteiger partial charge in [-0.2, -0.15) is 0 Å². The van der Waals surface area contributed by atoms with Gasteiger partial charge >= 0.3 is 0 Å². The molecule has 1 aliphatic rings. The maximum absolute atomic E-state index is 4.76. The molecule has 0 radical (unpaired) electrons. The lowest BCUT2D eigenvalue weighted by atomic mass is 10.1. The molecule has 0 spiro atoms. The van der Waals surface area contributed by atoms with Gasteiger partial charge in [-0.3, -0.25) is 4.99 Å². The zero-order chi connectivity index (χ0) is 16.9. The summed E-state index contributed by atoms with van der Waals surface area (Å²) in [5.41, 5.74) is 0. The summed E-state index contributed by atoms with van der Waals surface area (Å²) in [6.07, 6.45) is 6.39. The number of nitrogens with one attached hydrogen (secondary N) is 2. The first kappa shape index (κ1) is 23.9. The van der Waals surface area contributed by atoms with Crippen molar-refractivity contribution in [2.75, 3.05) is 52.9 Å². The topological polar surface area (TPSA) is 42.9 Å². The van der Waals surface area contributed by atoms with E-state index < -0.39 is 0 Å².